The van der Waals surface area contributed by atoms with Crippen molar-refractivity contribution < 1.29 is 8.78 Å². The van der Waals surface area contributed by atoms with Crippen LogP contribution in [0.5, 0.6) is 0 Å². The molecule has 1 fully saturated rings. The van der Waals surface area contributed by atoms with E-state index < -0.39 is 11.6 Å². The molecule has 1 saturated heterocycles. The third-order valence-electron chi connectivity index (χ3n) is 3.15. The number of halogens is 3. The van der Waals surface area contributed by atoms with E-state index in [1.54, 1.807) is 6.07 Å². The van der Waals surface area contributed by atoms with E-state index in [9.17, 15) is 8.78 Å². The quantitative estimate of drug-likeness (QED) is 0.847. The van der Waals surface area contributed by atoms with Crippen LogP contribution < -0.4 is 5.32 Å². The molecule has 1 nitrogen and oxygen atoms in total. The van der Waals surface area contributed by atoms with Crippen LogP contribution in [0.2, 0.25) is 0 Å². The smallest absolute Gasteiger partial charge is 0.172 e. The topological polar surface area (TPSA) is 12.0 Å². The minimum absolute atomic E-state index is 0. The van der Waals surface area contributed by atoms with E-state index >= 15 is 0 Å². The summed E-state index contributed by atoms with van der Waals surface area (Å²) in [6, 6.07) is 3.01. The second-order valence-corrected chi connectivity index (χ2v) is 5.51. The summed E-state index contributed by atoms with van der Waals surface area (Å²) >= 11 is 1.40. The van der Waals surface area contributed by atoms with E-state index in [0.717, 1.165) is 37.2 Å². The van der Waals surface area contributed by atoms with Gasteiger partial charge in [-0.05, 0) is 49.2 Å². The number of piperidine rings is 1. The Hall–Kier alpha value is -0.320. The SMILES string of the molecule is CCSc1c(C2CCNCC2)ccc(F)c1F.Cl. The van der Waals surface area contributed by atoms with Crippen LogP contribution >= 0.6 is 24.2 Å². The summed E-state index contributed by atoms with van der Waals surface area (Å²) in [4.78, 5) is 0.513. The van der Waals surface area contributed by atoms with Gasteiger partial charge in [-0.3, -0.25) is 0 Å². The third kappa shape index (κ3) is 3.37. The van der Waals surface area contributed by atoms with Gasteiger partial charge in [0.05, 0.1) is 0 Å². The fraction of sp³-hybridized carbons (Fsp3) is 0.538. The Kier molecular flexibility index (Phi) is 6.39. The molecule has 1 aliphatic heterocycles. The molecule has 0 amide bonds. The molecule has 0 aliphatic carbocycles. The van der Waals surface area contributed by atoms with Gasteiger partial charge in [-0.1, -0.05) is 13.0 Å². The van der Waals surface area contributed by atoms with Crippen molar-refractivity contribution in [1.29, 1.82) is 0 Å². The van der Waals surface area contributed by atoms with Gasteiger partial charge in [-0.25, -0.2) is 8.78 Å². The standard InChI is InChI=1S/C13H17F2NS.ClH/c1-2-17-13-10(3-4-11(14)12(13)15)9-5-7-16-8-6-9;/h3-4,9,16H,2,5-8H2,1H3;1H. The Morgan fingerprint density at radius 2 is 1.94 bits per heavy atom. The Morgan fingerprint density at radius 3 is 2.56 bits per heavy atom. The van der Waals surface area contributed by atoms with Gasteiger partial charge in [-0.15, -0.1) is 24.2 Å². The Bertz CT molecular complexity index is 395. The minimum Gasteiger partial charge on any atom is -0.317 e. The lowest BCUT2D eigenvalue weighted by Crippen LogP contribution is -2.27. The molecular weight excluding hydrogens is 276 g/mol. The monoisotopic (exact) mass is 293 g/mol. The zero-order chi connectivity index (χ0) is 12.3. The number of hydrogen-bond donors (Lipinski definition) is 1. The van der Waals surface area contributed by atoms with Gasteiger partial charge in [0.2, 0.25) is 0 Å². The van der Waals surface area contributed by atoms with E-state index in [1.165, 1.54) is 17.8 Å². The van der Waals surface area contributed by atoms with Crippen LogP contribution in [0.15, 0.2) is 17.0 Å². The summed E-state index contributed by atoms with van der Waals surface area (Å²) in [5, 5.41) is 3.29. The summed E-state index contributed by atoms with van der Waals surface area (Å²) in [5.74, 6) is -0.287. The maximum Gasteiger partial charge on any atom is 0.172 e. The van der Waals surface area contributed by atoms with E-state index in [-0.39, 0.29) is 12.4 Å². The van der Waals surface area contributed by atoms with Crippen molar-refractivity contribution in [1.82, 2.24) is 5.32 Å². The van der Waals surface area contributed by atoms with Crippen LogP contribution in [-0.2, 0) is 0 Å². The van der Waals surface area contributed by atoms with Crippen molar-refractivity contribution >= 4 is 24.2 Å². The number of nitrogens with one attached hydrogen (secondary N) is 1. The van der Waals surface area contributed by atoms with Crippen molar-refractivity contribution in [3.05, 3.63) is 29.3 Å². The van der Waals surface area contributed by atoms with Crippen LogP contribution in [-0.4, -0.2) is 18.8 Å². The summed E-state index contributed by atoms with van der Waals surface area (Å²) in [5.41, 5.74) is 0.984. The maximum absolute atomic E-state index is 13.8. The third-order valence-corrected chi connectivity index (χ3v) is 4.14. The zero-order valence-corrected chi connectivity index (χ0v) is 12.0. The molecule has 0 aromatic heterocycles. The molecule has 1 aromatic carbocycles. The molecule has 1 N–H and O–H groups in total. The molecule has 5 heteroatoms. The van der Waals surface area contributed by atoms with Crippen LogP contribution in [0.1, 0.15) is 31.2 Å². The second kappa shape index (κ2) is 7.31. The zero-order valence-electron chi connectivity index (χ0n) is 10.3. The van der Waals surface area contributed by atoms with Gasteiger partial charge in [0.25, 0.3) is 0 Å². The Labute approximate surface area is 117 Å². The largest absolute Gasteiger partial charge is 0.317 e. The fourth-order valence-corrected chi connectivity index (χ4v) is 3.21. The van der Waals surface area contributed by atoms with E-state index in [1.807, 2.05) is 6.92 Å². The van der Waals surface area contributed by atoms with Gasteiger partial charge in [-0.2, -0.15) is 0 Å². The van der Waals surface area contributed by atoms with Crippen LogP contribution in [0.4, 0.5) is 8.78 Å². The molecule has 102 valence electrons. The molecule has 0 atom stereocenters. The molecule has 0 bridgehead atoms. The molecule has 1 aromatic rings. The molecule has 1 aliphatic rings. The molecule has 0 spiro atoms. The van der Waals surface area contributed by atoms with Crippen molar-refractivity contribution in [3.63, 3.8) is 0 Å². The highest BCUT2D eigenvalue weighted by Gasteiger charge is 2.22. The number of thioether (sulfide) groups is 1. The Morgan fingerprint density at radius 1 is 1.28 bits per heavy atom. The molecule has 2 rings (SSSR count). The average Bonchev–Trinajstić information content (AvgIpc) is 2.36. The summed E-state index contributed by atoms with van der Waals surface area (Å²) in [7, 11) is 0. The van der Waals surface area contributed by atoms with Crippen LogP contribution in [0.3, 0.4) is 0 Å². The number of hydrogen-bond acceptors (Lipinski definition) is 2. The summed E-state index contributed by atoms with van der Waals surface area (Å²) in [6.07, 6.45) is 2.00. The van der Waals surface area contributed by atoms with Crippen LogP contribution in [0.25, 0.3) is 0 Å². The highest BCUT2D eigenvalue weighted by atomic mass is 35.5. The summed E-state index contributed by atoms with van der Waals surface area (Å²) in [6.45, 7) is 3.88. The predicted octanol–water partition coefficient (Wildman–Crippen LogP) is 3.97. The van der Waals surface area contributed by atoms with E-state index in [0.29, 0.717) is 10.8 Å². The highest BCUT2D eigenvalue weighted by molar-refractivity contribution is 7.99. The first kappa shape index (κ1) is 15.7. The predicted molar refractivity (Wildman–Crippen MR) is 74.8 cm³/mol. The minimum atomic E-state index is -0.737. The van der Waals surface area contributed by atoms with Gasteiger partial charge in [0.15, 0.2) is 11.6 Å². The lowest BCUT2D eigenvalue weighted by atomic mass is 9.90. The number of rotatable bonds is 3. The fourth-order valence-electron chi connectivity index (χ4n) is 2.29. The van der Waals surface area contributed by atoms with Crippen molar-refractivity contribution in [2.24, 2.45) is 0 Å². The normalized spacial score (nSPS) is 16.4. The average molecular weight is 294 g/mol. The maximum atomic E-state index is 13.8. The van der Waals surface area contributed by atoms with Gasteiger partial charge in [0.1, 0.15) is 0 Å². The molecule has 0 unspecified atom stereocenters. The van der Waals surface area contributed by atoms with Crippen molar-refractivity contribution in [2.75, 3.05) is 18.8 Å². The summed E-state index contributed by atoms with van der Waals surface area (Å²) < 4.78 is 27.0. The molecule has 1 heterocycles. The van der Waals surface area contributed by atoms with Crippen molar-refractivity contribution in [2.45, 2.75) is 30.6 Å². The molecule has 0 radical (unpaired) electrons. The number of benzene rings is 1. The first-order valence-electron chi connectivity index (χ1n) is 6.05. The first-order chi connectivity index (χ1) is 8.24. The molecular formula is C13H18ClF2NS. The first-order valence-corrected chi connectivity index (χ1v) is 7.04. The molecule has 18 heavy (non-hydrogen) atoms. The van der Waals surface area contributed by atoms with E-state index in [2.05, 4.69) is 5.32 Å². The molecule has 0 saturated carbocycles. The second-order valence-electron chi connectivity index (χ2n) is 4.24. The van der Waals surface area contributed by atoms with Gasteiger partial charge < -0.3 is 5.32 Å². The van der Waals surface area contributed by atoms with Crippen molar-refractivity contribution in [3.8, 4) is 0 Å². The van der Waals surface area contributed by atoms with Crippen LogP contribution in [0, 0.1) is 11.6 Å². The lowest BCUT2D eigenvalue weighted by molar-refractivity contribution is 0.442. The van der Waals surface area contributed by atoms with E-state index in [4.69, 9.17) is 0 Å². The Balaban J connectivity index is 0.00000162. The van der Waals surface area contributed by atoms with Gasteiger partial charge >= 0.3 is 0 Å². The lowest BCUT2D eigenvalue weighted by Gasteiger charge is -2.25. The van der Waals surface area contributed by atoms with Gasteiger partial charge in [0, 0.05) is 4.90 Å². The highest BCUT2D eigenvalue weighted by Crippen LogP contribution is 2.36.